The van der Waals surface area contributed by atoms with E-state index in [0.29, 0.717) is 7.51 Å². The fourth-order valence-electron chi connectivity index (χ4n) is 3.23. The molecule has 21 heavy (non-hydrogen) atoms. The highest BCUT2D eigenvalue weighted by Gasteiger charge is 2.46. The molecule has 8 heteroatoms. The normalized spacial score (nSPS) is 27.5. The van der Waals surface area contributed by atoms with E-state index in [1.807, 2.05) is 4.90 Å². The van der Waals surface area contributed by atoms with Gasteiger partial charge < -0.3 is 9.64 Å². The van der Waals surface area contributed by atoms with Crippen molar-refractivity contribution in [2.24, 2.45) is 0 Å². The van der Waals surface area contributed by atoms with E-state index in [1.54, 1.807) is 10.7 Å². The number of amides is 2. The lowest BCUT2D eigenvalue weighted by Gasteiger charge is -2.40. The highest BCUT2D eigenvalue weighted by Crippen LogP contribution is 2.39. The zero-order chi connectivity index (χ0) is 15.4. The molecule has 0 aromatic carbocycles. The van der Waals surface area contributed by atoms with Crippen molar-refractivity contribution in [1.29, 1.82) is 0 Å². The second-order valence-corrected chi connectivity index (χ2v) is 6.88. The minimum absolute atomic E-state index is 0.0127. The van der Waals surface area contributed by atoms with Crippen LogP contribution >= 0.6 is 23.4 Å². The molecule has 2 amide bonds. The summed E-state index contributed by atoms with van der Waals surface area (Å²) in [5.41, 5.74) is 0. The van der Waals surface area contributed by atoms with Crippen LogP contribution in [0.3, 0.4) is 0 Å². The highest BCUT2D eigenvalue weighted by atomic mass is 79.9. The summed E-state index contributed by atoms with van der Waals surface area (Å²) in [6, 6.07) is 0.414. The fourth-order valence-corrected chi connectivity index (χ4v) is 4.85. The summed E-state index contributed by atoms with van der Waals surface area (Å²) in [4.78, 5) is 25.9. The number of hydrogen-bond donors (Lipinski definition) is 0. The van der Waals surface area contributed by atoms with Crippen molar-refractivity contribution in [2.75, 3.05) is 11.9 Å². The minimum Gasteiger partial charge on any atom is -0.445 e. The standard InChI is InChI=1S/C13H18BrN2O3PS/c1-2-5-19-13(18)15-9-3-4-10(15)7-11(6-9)16(20-21)12(17)8-14/h2,9-11H,1,3-8H2/t9-,10+,11?. The van der Waals surface area contributed by atoms with Gasteiger partial charge in [-0.15, -0.1) is 0 Å². The maximum Gasteiger partial charge on any atom is 0.410 e. The Kier molecular flexibility index (Phi) is 6.14. The van der Waals surface area contributed by atoms with Crippen molar-refractivity contribution < 1.29 is 14.3 Å². The van der Waals surface area contributed by atoms with E-state index in [9.17, 15) is 9.59 Å². The first-order chi connectivity index (χ1) is 10.1. The van der Waals surface area contributed by atoms with Gasteiger partial charge >= 0.3 is 6.09 Å². The first-order valence-electron chi connectivity index (χ1n) is 6.89. The van der Waals surface area contributed by atoms with Crippen LogP contribution in [0, 0.1) is 0 Å². The van der Waals surface area contributed by atoms with Gasteiger partial charge in [-0.25, -0.2) is 4.79 Å². The first kappa shape index (κ1) is 16.8. The topological polar surface area (TPSA) is 49.9 Å². The number of nitrogens with zero attached hydrogens (tertiary/aromatic N) is 2. The molecule has 0 radical (unpaired) electrons. The molecular weight excluding hydrogens is 375 g/mol. The molecule has 2 aliphatic rings. The largest absolute Gasteiger partial charge is 0.445 e. The van der Waals surface area contributed by atoms with Gasteiger partial charge in [-0.05, 0) is 37.5 Å². The van der Waals surface area contributed by atoms with E-state index in [2.05, 4.69) is 22.5 Å². The molecule has 0 aromatic heterocycles. The van der Waals surface area contributed by atoms with E-state index in [4.69, 9.17) is 16.5 Å². The molecule has 2 heterocycles. The van der Waals surface area contributed by atoms with E-state index in [0.717, 1.165) is 25.7 Å². The number of halogens is 1. The monoisotopic (exact) mass is 392 g/mol. The van der Waals surface area contributed by atoms with Crippen molar-refractivity contribution in [3.8, 4) is 0 Å². The number of hydrogen-bond acceptors (Lipinski definition) is 4. The summed E-state index contributed by atoms with van der Waals surface area (Å²) >= 11 is 8.27. The zero-order valence-electron chi connectivity index (χ0n) is 11.6. The maximum atomic E-state index is 12.1. The maximum absolute atomic E-state index is 12.1. The molecule has 2 fully saturated rings. The van der Waals surface area contributed by atoms with Crippen LogP contribution in [0.5, 0.6) is 0 Å². The van der Waals surface area contributed by atoms with Crippen molar-refractivity contribution in [3.05, 3.63) is 12.7 Å². The van der Waals surface area contributed by atoms with Gasteiger partial charge in [-0.3, -0.25) is 9.46 Å². The molecule has 3 atom stereocenters. The molecular formula is C13H18BrN2O3PS. The second kappa shape index (κ2) is 7.65. The third-order valence-corrected chi connectivity index (χ3v) is 5.78. The summed E-state index contributed by atoms with van der Waals surface area (Å²) in [6.07, 6.45) is 4.79. The van der Waals surface area contributed by atoms with Gasteiger partial charge in [0, 0.05) is 18.1 Å². The van der Waals surface area contributed by atoms with Gasteiger partial charge in [0.25, 0.3) is 0 Å². The quantitative estimate of drug-likeness (QED) is 0.410. The molecule has 0 N–H and O–H groups in total. The van der Waals surface area contributed by atoms with Crippen LogP contribution in [0.4, 0.5) is 4.79 Å². The Morgan fingerprint density at radius 3 is 2.52 bits per heavy atom. The van der Waals surface area contributed by atoms with Crippen molar-refractivity contribution >= 4 is 47.2 Å². The van der Waals surface area contributed by atoms with E-state index in [-0.39, 0.29) is 42.1 Å². The third kappa shape index (κ3) is 3.63. The van der Waals surface area contributed by atoms with Gasteiger partial charge in [-0.2, -0.15) is 0 Å². The Hall–Kier alpha value is -0.520. The summed E-state index contributed by atoms with van der Waals surface area (Å²) in [6.45, 7) is 3.78. The Morgan fingerprint density at radius 2 is 2.05 bits per heavy atom. The van der Waals surface area contributed by atoms with Crippen molar-refractivity contribution in [2.45, 2.75) is 43.8 Å². The molecule has 0 aromatic rings. The molecule has 0 spiro atoms. The molecule has 0 aliphatic carbocycles. The number of piperidine rings is 1. The number of alkyl halides is 1. The highest BCUT2D eigenvalue weighted by molar-refractivity contribution is 9.09. The Labute approximate surface area is 139 Å². The average molecular weight is 393 g/mol. The van der Waals surface area contributed by atoms with E-state index < -0.39 is 0 Å². The molecule has 1 unspecified atom stereocenters. The number of carbonyl (C=O) groups is 2. The first-order valence-corrected chi connectivity index (χ1v) is 9.87. The van der Waals surface area contributed by atoms with Crippen LogP contribution in [0.25, 0.3) is 0 Å². The number of rotatable bonds is 5. The lowest BCUT2D eigenvalue weighted by Crippen LogP contribution is -2.52. The molecule has 0 saturated carbocycles. The van der Waals surface area contributed by atoms with E-state index >= 15 is 0 Å². The molecule has 2 aliphatic heterocycles. The predicted molar refractivity (Wildman–Crippen MR) is 88.1 cm³/mol. The molecule has 116 valence electrons. The Morgan fingerprint density at radius 1 is 1.43 bits per heavy atom. The minimum atomic E-state index is -0.268. The van der Waals surface area contributed by atoms with Crippen LogP contribution in [0.15, 0.2) is 12.7 Å². The van der Waals surface area contributed by atoms with Gasteiger partial charge in [0.05, 0.1) is 12.8 Å². The van der Waals surface area contributed by atoms with Crippen LogP contribution in [0.2, 0.25) is 0 Å². The molecule has 2 saturated heterocycles. The Balaban J connectivity index is 2.04. The van der Waals surface area contributed by atoms with Crippen LogP contribution in [0.1, 0.15) is 25.7 Å². The summed E-state index contributed by atoms with van der Waals surface area (Å²) < 4.78 is 6.88. The van der Waals surface area contributed by atoms with Crippen LogP contribution in [-0.4, -0.2) is 51.6 Å². The second-order valence-electron chi connectivity index (χ2n) is 5.24. The van der Waals surface area contributed by atoms with Gasteiger partial charge in [-0.1, -0.05) is 28.6 Å². The number of ether oxygens (including phenoxy) is 1. The lowest BCUT2D eigenvalue weighted by atomic mass is 9.97. The van der Waals surface area contributed by atoms with Crippen molar-refractivity contribution in [3.63, 3.8) is 0 Å². The number of fused-ring (bicyclic) bond motifs is 2. The predicted octanol–water partition coefficient (Wildman–Crippen LogP) is 2.85. The smallest absolute Gasteiger partial charge is 0.410 e. The summed E-state index contributed by atoms with van der Waals surface area (Å²) in [5, 5.41) is 0.285. The molecule has 2 bridgehead atoms. The SMILES string of the molecule is C=CCOC(=O)N1[C@@H]2CC[C@H]1CC(N(P=S)C(=O)CBr)C2. The van der Waals surface area contributed by atoms with Gasteiger partial charge in [0.1, 0.15) is 6.61 Å². The fraction of sp³-hybridized carbons (Fsp3) is 0.692. The summed E-state index contributed by atoms with van der Waals surface area (Å²) in [5.74, 6) is 0.0127. The van der Waals surface area contributed by atoms with E-state index in [1.165, 1.54) is 0 Å². The van der Waals surface area contributed by atoms with Gasteiger partial charge in [0.2, 0.25) is 5.91 Å². The molecule has 5 nitrogen and oxygen atoms in total. The van der Waals surface area contributed by atoms with Crippen LogP contribution in [-0.2, 0) is 21.3 Å². The van der Waals surface area contributed by atoms with Crippen LogP contribution < -0.4 is 0 Å². The lowest BCUT2D eigenvalue weighted by molar-refractivity contribution is -0.125. The van der Waals surface area contributed by atoms with Gasteiger partial charge in [0.15, 0.2) is 0 Å². The third-order valence-electron chi connectivity index (χ3n) is 4.05. The number of carbonyl (C=O) groups excluding carboxylic acids is 2. The molecule has 2 rings (SSSR count). The zero-order valence-corrected chi connectivity index (χ0v) is 14.9. The summed E-state index contributed by atoms with van der Waals surface area (Å²) in [7, 11) is 0.552. The Bertz CT molecular complexity index is 437. The van der Waals surface area contributed by atoms with Crippen molar-refractivity contribution in [1.82, 2.24) is 9.57 Å². The average Bonchev–Trinajstić information content (AvgIpc) is 2.76.